The molecule has 3 nitrogen and oxygen atoms in total. The molecule has 0 bridgehead atoms. The molecule has 0 atom stereocenters. The summed E-state index contributed by atoms with van der Waals surface area (Å²) in [7, 11) is -4.05. The number of hydrogen-bond donors (Lipinski definition) is 0. The van der Waals surface area contributed by atoms with Crippen LogP contribution in [0.5, 0.6) is 0 Å². The van der Waals surface area contributed by atoms with Crippen LogP contribution >= 0.6 is 0 Å². The van der Waals surface area contributed by atoms with Gasteiger partial charge in [-0.25, -0.2) is 13.2 Å². The van der Waals surface area contributed by atoms with E-state index in [0.29, 0.717) is 6.26 Å². The number of carbonyl (C=O) groups is 1. The van der Waals surface area contributed by atoms with Crippen molar-refractivity contribution in [1.82, 2.24) is 0 Å². The average Bonchev–Trinajstić information content (AvgIpc) is 1.31. The highest BCUT2D eigenvalue weighted by Crippen LogP contribution is 1.86. The third-order valence-electron chi connectivity index (χ3n) is 0.292. The molecule has 0 aromatic rings. The van der Waals surface area contributed by atoms with Crippen LogP contribution in [0.2, 0.25) is 0 Å². The van der Waals surface area contributed by atoms with Crippen LogP contribution in [-0.4, -0.2) is 20.0 Å². The summed E-state index contributed by atoms with van der Waals surface area (Å²) in [6.07, 6.45) is 0.509. The van der Waals surface area contributed by atoms with E-state index < -0.39 is 15.2 Å². The summed E-state index contributed by atoms with van der Waals surface area (Å²) in [6, 6.07) is 0. The van der Waals surface area contributed by atoms with Gasteiger partial charge in [0.1, 0.15) is 0 Å². The Morgan fingerprint density at radius 2 is 1.71 bits per heavy atom. The summed E-state index contributed by atoms with van der Waals surface area (Å²) in [5.41, 5.74) is 0. The summed E-state index contributed by atoms with van der Waals surface area (Å²) < 4.78 is 30.2. The van der Waals surface area contributed by atoms with Gasteiger partial charge in [0.2, 0.25) is 9.84 Å². The lowest BCUT2D eigenvalue weighted by Crippen LogP contribution is -2.02. The van der Waals surface area contributed by atoms with Gasteiger partial charge in [0, 0.05) is 6.26 Å². The maximum Gasteiger partial charge on any atom is 0.415 e. The van der Waals surface area contributed by atoms with Crippen molar-refractivity contribution in [3.8, 4) is 0 Å². The maximum absolute atomic E-state index is 11.0. The van der Waals surface area contributed by atoms with Crippen molar-refractivity contribution >= 4 is 15.2 Å². The molecule has 0 fully saturated rings. The van der Waals surface area contributed by atoms with Crippen LogP contribution in [0.3, 0.4) is 0 Å². The molecule has 0 rings (SSSR count). The van der Waals surface area contributed by atoms with Gasteiger partial charge < -0.3 is 0 Å². The van der Waals surface area contributed by atoms with Crippen molar-refractivity contribution < 1.29 is 17.6 Å². The van der Waals surface area contributed by atoms with Gasteiger partial charge >= 0.3 is 5.37 Å². The third kappa shape index (κ3) is 2.27. The summed E-state index contributed by atoms with van der Waals surface area (Å²) in [5, 5.41) is -2.28. The van der Waals surface area contributed by atoms with Gasteiger partial charge in [-0.05, 0) is 0 Å². The average molecular weight is 126 g/mol. The zero-order valence-electron chi connectivity index (χ0n) is 3.51. The van der Waals surface area contributed by atoms with E-state index in [-0.39, 0.29) is 0 Å². The zero-order valence-corrected chi connectivity index (χ0v) is 4.33. The first-order chi connectivity index (χ1) is 2.94. The van der Waals surface area contributed by atoms with Crippen molar-refractivity contribution in [3.63, 3.8) is 0 Å². The monoisotopic (exact) mass is 126 g/mol. The van der Waals surface area contributed by atoms with Gasteiger partial charge in [-0.3, -0.25) is 0 Å². The number of sulfone groups is 1. The second kappa shape index (κ2) is 1.57. The lowest BCUT2D eigenvalue weighted by atomic mass is 11.7. The fourth-order valence-electron chi connectivity index (χ4n) is 0. The van der Waals surface area contributed by atoms with Crippen molar-refractivity contribution in [2.75, 3.05) is 6.26 Å². The first-order valence-electron chi connectivity index (χ1n) is 1.34. The van der Waals surface area contributed by atoms with Gasteiger partial charge in [0.15, 0.2) is 0 Å². The lowest BCUT2D eigenvalue weighted by Gasteiger charge is -1.76. The molecule has 0 radical (unpaired) electrons. The molecule has 0 amide bonds. The van der Waals surface area contributed by atoms with Gasteiger partial charge in [0.25, 0.3) is 0 Å². The molecule has 0 aliphatic carbocycles. The Labute approximate surface area is 40.1 Å². The van der Waals surface area contributed by atoms with E-state index in [2.05, 4.69) is 0 Å². The predicted octanol–water partition coefficient (Wildman–Crippen LogP) is 0.121. The second-order valence-corrected chi connectivity index (χ2v) is 2.88. The van der Waals surface area contributed by atoms with E-state index in [9.17, 15) is 17.6 Å². The Kier molecular flexibility index (Phi) is 1.47. The van der Waals surface area contributed by atoms with Crippen molar-refractivity contribution in [3.05, 3.63) is 0 Å². The first kappa shape index (κ1) is 6.55. The minimum Gasteiger partial charge on any atom is -0.242 e. The van der Waals surface area contributed by atoms with E-state index in [4.69, 9.17) is 0 Å². The molecule has 0 aromatic heterocycles. The fraction of sp³-hybridized carbons (Fsp3) is 0.500. The maximum atomic E-state index is 11.0. The van der Waals surface area contributed by atoms with Crippen LogP contribution in [0.1, 0.15) is 0 Å². The van der Waals surface area contributed by atoms with E-state index in [1.807, 2.05) is 0 Å². The highest BCUT2D eigenvalue weighted by atomic mass is 32.2. The Morgan fingerprint density at radius 3 is 1.71 bits per heavy atom. The topological polar surface area (TPSA) is 51.2 Å². The van der Waals surface area contributed by atoms with Crippen LogP contribution in [0.4, 0.5) is 9.18 Å². The third-order valence-corrected chi connectivity index (χ3v) is 0.875. The quantitative estimate of drug-likeness (QED) is 0.433. The van der Waals surface area contributed by atoms with E-state index >= 15 is 0 Å². The Morgan fingerprint density at radius 1 is 1.57 bits per heavy atom. The fourth-order valence-corrected chi connectivity index (χ4v) is 0. The highest BCUT2D eigenvalue weighted by molar-refractivity contribution is 8.05. The molecule has 0 aliphatic heterocycles. The molecule has 0 heterocycles. The van der Waals surface area contributed by atoms with Gasteiger partial charge in [-0.15, -0.1) is 4.39 Å². The number of halogens is 1. The van der Waals surface area contributed by atoms with Crippen molar-refractivity contribution in [2.45, 2.75) is 0 Å². The van der Waals surface area contributed by atoms with Crippen LogP contribution in [0, 0.1) is 0 Å². The van der Waals surface area contributed by atoms with E-state index in [1.54, 1.807) is 0 Å². The molecule has 5 heteroatoms. The van der Waals surface area contributed by atoms with Crippen molar-refractivity contribution in [1.29, 1.82) is 0 Å². The molecular weight excluding hydrogens is 123 g/mol. The Bertz CT molecular complexity index is 167. The molecule has 0 spiro atoms. The predicted molar refractivity (Wildman–Crippen MR) is 21.3 cm³/mol. The minimum atomic E-state index is -4.05. The normalized spacial score (nSPS) is 11.1. The standard InChI is InChI=1S/C2H3FO3S/c1-7(5,6)2(3)4/h1H3. The molecule has 0 N–H and O–H groups in total. The smallest absolute Gasteiger partial charge is 0.242 e. The highest BCUT2D eigenvalue weighted by Gasteiger charge is 2.12. The summed E-state index contributed by atoms with van der Waals surface area (Å²) in [4.78, 5) is 9.21. The number of rotatable bonds is 0. The van der Waals surface area contributed by atoms with Gasteiger partial charge in [0.05, 0.1) is 0 Å². The number of hydrogen-bond acceptors (Lipinski definition) is 3. The van der Waals surface area contributed by atoms with E-state index in [1.165, 1.54) is 0 Å². The molecule has 42 valence electrons. The Hall–Kier alpha value is -0.450. The molecular formula is C2H3FO3S. The van der Waals surface area contributed by atoms with Crippen molar-refractivity contribution in [2.24, 2.45) is 0 Å². The second-order valence-electron chi connectivity index (χ2n) is 1.01. The van der Waals surface area contributed by atoms with Crippen LogP contribution in [-0.2, 0) is 9.84 Å². The zero-order chi connectivity index (χ0) is 6.08. The summed E-state index contributed by atoms with van der Waals surface area (Å²) >= 11 is 0. The minimum absolute atomic E-state index is 0.509. The van der Waals surface area contributed by atoms with Crippen LogP contribution in [0.25, 0.3) is 0 Å². The lowest BCUT2D eigenvalue weighted by molar-refractivity contribution is 0.242. The first-order valence-corrected chi connectivity index (χ1v) is 3.23. The molecule has 0 saturated heterocycles. The van der Waals surface area contributed by atoms with Gasteiger partial charge in [-0.1, -0.05) is 0 Å². The van der Waals surface area contributed by atoms with E-state index in [0.717, 1.165) is 0 Å². The molecule has 0 aromatic carbocycles. The molecule has 0 saturated carbocycles. The summed E-state index contributed by atoms with van der Waals surface area (Å²) in [6.45, 7) is 0. The van der Waals surface area contributed by atoms with Crippen LogP contribution < -0.4 is 0 Å². The van der Waals surface area contributed by atoms with Crippen LogP contribution in [0.15, 0.2) is 0 Å². The number of carbonyl (C=O) groups excluding carboxylic acids is 1. The largest absolute Gasteiger partial charge is 0.415 e. The van der Waals surface area contributed by atoms with Gasteiger partial charge in [-0.2, -0.15) is 0 Å². The SMILES string of the molecule is CS(=O)(=O)C(=O)F. The summed E-state index contributed by atoms with van der Waals surface area (Å²) in [5.74, 6) is 0. The Balaban J connectivity index is 4.43. The molecule has 0 aliphatic rings. The molecule has 0 unspecified atom stereocenters. The molecule has 7 heavy (non-hydrogen) atoms.